The van der Waals surface area contributed by atoms with Gasteiger partial charge in [0.05, 0.1) is 0 Å². The first kappa shape index (κ1) is 21.9. The fourth-order valence-electron chi connectivity index (χ4n) is 2.78. The quantitative estimate of drug-likeness (QED) is 0.404. The van der Waals surface area contributed by atoms with Gasteiger partial charge in [0.15, 0.2) is 5.96 Å². The van der Waals surface area contributed by atoms with Gasteiger partial charge < -0.3 is 21.3 Å². The second-order valence-corrected chi connectivity index (χ2v) is 6.44. The van der Waals surface area contributed by atoms with Gasteiger partial charge in [0.25, 0.3) is 11.8 Å². The van der Waals surface area contributed by atoms with Crippen LogP contribution in [0, 0.1) is 0 Å². The van der Waals surface area contributed by atoms with Crippen molar-refractivity contribution in [2.24, 2.45) is 4.99 Å². The summed E-state index contributed by atoms with van der Waals surface area (Å²) in [6, 6.07) is 15.1. The van der Waals surface area contributed by atoms with E-state index in [1.165, 1.54) is 0 Å². The van der Waals surface area contributed by atoms with Crippen LogP contribution in [0.15, 0.2) is 53.5 Å². The van der Waals surface area contributed by atoms with Crippen molar-refractivity contribution in [1.29, 1.82) is 0 Å². The molecule has 0 fully saturated rings. The van der Waals surface area contributed by atoms with E-state index in [2.05, 4.69) is 26.3 Å². The number of aliphatic imine (C=N–C) groups is 1. The van der Waals surface area contributed by atoms with E-state index in [1.54, 1.807) is 20.2 Å². The van der Waals surface area contributed by atoms with Crippen LogP contribution in [-0.2, 0) is 13.0 Å². The molecule has 0 saturated heterocycles. The summed E-state index contributed by atoms with van der Waals surface area (Å²) < 4.78 is 0. The molecule has 0 aliphatic heterocycles. The molecular weight excluding hydrogens is 366 g/mol. The lowest BCUT2D eigenvalue weighted by Gasteiger charge is -2.12. The number of hydrogen-bond acceptors (Lipinski definition) is 3. The Hall–Kier alpha value is -3.35. The number of carbonyl (C=O) groups is 2. The minimum atomic E-state index is -0.0875. The molecule has 2 rings (SSSR count). The lowest BCUT2D eigenvalue weighted by Crippen LogP contribution is -2.37. The summed E-state index contributed by atoms with van der Waals surface area (Å²) in [6.07, 6.45) is 0.771. The molecule has 0 unspecified atom stereocenters. The molecule has 0 aliphatic rings. The predicted molar refractivity (Wildman–Crippen MR) is 116 cm³/mol. The Balaban J connectivity index is 1.81. The molecule has 0 aromatic heterocycles. The Morgan fingerprint density at radius 3 is 2.31 bits per heavy atom. The number of guanidine groups is 1. The molecule has 0 heterocycles. The van der Waals surface area contributed by atoms with Gasteiger partial charge in [0.2, 0.25) is 0 Å². The molecule has 2 aromatic carbocycles. The maximum Gasteiger partial charge on any atom is 0.251 e. The second-order valence-electron chi connectivity index (χ2n) is 6.44. The van der Waals surface area contributed by atoms with Crippen LogP contribution in [0.25, 0.3) is 0 Å². The van der Waals surface area contributed by atoms with E-state index in [-0.39, 0.29) is 11.8 Å². The van der Waals surface area contributed by atoms with Crippen molar-refractivity contribution < 1.29 is 9.59 Å². The van der Waals surface area contributed by atoms with E-state index in [1.807, 2.05) is 49.4 Å². The Kier molecular flexibility index (Phi) is 8.69. The van der Waals surface area contributed by atoms with Gasteiger partial charge in [0.1, 0.15) is 0 Å². The average Bonchev–Trinajstić information content (AvgIpc) is 2.76. The van der Waals surface area contributed by atoms with Crippen LogP contribution in [0.4, 0.5) is 0 Å². The summed E-state index contributed by atoms with van der Waals surface area (Å²) in [5.41, 5.74) is 3.44. The summed E-state index contributed by atoms with van der Waals surface area (Å²) in [6.45, 7) is 3.79. The molecule has 0 aliphatic carbocycles. The molecule has 2 aromatic rings. The van der Waals surface area contributed by atoms with Crippen LogP contribution in [0.2, 0.25) is 0 Å². The number of nitrogens with one attached hydrogen (secondary N) is 4. The molecule has 29 heavy (non-hydrogen) atoms. The van der Waals surface area contributed by atoms with Crippen LogP contribution in [-0.4, -0.2) is 45.0 Å². The molecular formula is C22H29N5O2. The third-order valence-electron chi connectivity index (χ3n) is 4.36. The zero-order valence-corrected chi connectivity index (χ0v) is 17.2. The monoisotopic (exact) mass is 395 g/mol. The van der Waals surface area contributed by atoms with E-state index < -0.39 is 0 Å². The van der Waals surface area contributed by atoms with Crippen molar-refractivity contribution in [2.75, 3.05) is 27.2 Å². The van der Waals surface area contributed by atoms with Gasteiger partial charge in [0, 0.05) is 44.9 Å². The minimum Gasteiger partial charge on any atom is -0.356 e. The Morgan fingerprint density at radius 1 is 0.897 bits per heavy atom. The lowest BCUT2D eigenvalue weighted by atomic mass is 10.1. The highest BCUT2D eigenvalue weighted by Gasteiger charge is 2.05. The normalized spacial score (nSPS) is 10.9. The van der Waals surface area contributed by atoms with E-state index in [0.29, 0.717) is 36.7 Å². The van der Waals surface area contributed by atoms with Crippen LogP contribution in [0.5, 0.6) is 0 Å². The highest BCUT2D eigenvalue weighted by molar-refractivity contribution is 5.94. The molecule has 0 saturated carbocycles. The number of nitrogens with zero attached hydrogens (tertiary/aromatic N) is 1. The SMILES string of the molecule is CCNC(=O)c1ccc(CNC(=NC)NCCc2cccc(C(=O)NC)c2)cc1. The number of benzene rings is 2. The van der Waals surface area contributed by atoms with Gasteiger partial charge in [-0.3, -0.25) is 14.6 Å². The molecule has 2 amide bonds. The smallest absolute Gasteiger partial charge is 0.251 e. The molecule has 0 spiro atoms. The van der Waals surface area contributed by atoms with Gasteiger partial charge in [-0.2, -0.15) is 0 Å². The fourth-order valence-corrected chi connectivity index (χ4v) is 2.78. The highest BCUT2D eigenvalue weighted by Crippen LogP contribution is 2.06. The zero-order valence-electron chi connectivity index (χ0n) is 17.2. The van der Waals surface area contributed by atoms with Crippen molar-refractivity contribution >= 4 is 17.8 Å². The van der Waals surface area contributed by atoms with E-state index in [0.717, 1.165) is 17.5 Å². The maximum absolute atomic E-state index is 11.8. The third-order valence-corrected chi connectivity index (χ3v) is 4.36. The highest BCUT2D eigenvalue weighted by atomic mass is 16.2. The molecule has 7 nitrogen and oxygen atoms in total. The minimum absolute atomic E-state index is 0.0648. The van der Waals surface area contributed by atoms with Crippen molar-refractivity contribution in [3.63, 3.8) is 0 Å². The Labute approximate surface area is 172 Å². The van der Waals surface area contributed by atoms with Crippen LogP contribution in [0.1, 0.15) is 38.8 Å². The number of carbonyl (C=O) groups excluding carboxylic acids is 2. The summed E-state index contributed by atoms with van der Waals surface area (Å²) in [4.78, 5) is 27.8. The Bertz CT molecular complexity index is 847. The zero-order chi connectivity index (χ0) is 21.1. The van der Waals surface area contributed by atoms with Crippen molar-refractivity contribution in [2.45, 2.75) is 19.9 Å². The molecule has 0 bridgehead atoms. The topological polar surface area (TPSA) is 94.6 Å². The molecule has 0 atom stereocenters. The van der Waals surface area contributed by atoms with Crippen molar-refractivity contribution in [1.82, 2.24) is 21.3 Å². The summed E-state index contributed by atoms with van der Waals surface area (Å²) in [7, 11) is 3.35. The Morgan fingerprint density at radius 2 is 1.66 bits per heavy atom. The van der Waals surface area contributed by atoms with Crippen molar-refractivity contribution in [3.8, 4) is 0 Å². The van der Waals surface area contributed by atoms with E-state index >= 15 is 0 Å². The molecule has 154 valence electrons. The third kappa shape index (κ3) is 6.95. The van der Waals surface area contributed by atoms with Gasteiger partial charge in [-0.15, -0.1) is 0 Å². The molecule has 0 radical (unpaired) electrons. The fraction of sp³-hybridized carbons (Fsp3) is 0.318. The van der Waals surface area contributed by atoms with Crippen LogP contribution < -0.4 is 21.3 Å². The molecule has 7 heteroatoms. The maximum atomic E-state index is 11.8. The number of rotatable bonds is 8. The number of hydrogen-bond donors (Lipinski definition) is 4. The summed E-state index contributed by atoms with van der Waals surface area (Å²) in [5, 5.41) is 11.9. The first-order valence-electron chi connectivity index (χ1n) is 9.70. The lowest BCUT2D eigenvalue weighted by molar-refractivity contribution is 0.0950. The van der Waals surface area contributed by atoms with E-state index in [4.69, 9.17) is 0 Å². The van der Waals surface area contributed by atoms with Gasteiger partial charge in [-0.1, -0.05) is 24.3 Å². The van der Waals surface area contributed by atoms with Gasteiger partial charge in [-0.25, -0.2) is 0 Å². The van der Waals surface area contributed by atoms with E-state index in [9.17, 15) is 9.59 Å². The largest absolute Gasteiger partial charge is 0.356 e. The second kappa shape index (κ2) is 11.5. The van der Waals surface area contributed by atoms with Crippen molar-refractivity contribution in [3.05, 3.63) is 70.8 Å². The first-order chi connectivity index (χ1) is 14.1. The van der Waals surface area contributed by atoms with Crippen LogP contribution >= 0.6 is 0 Å². The average molecular weight is 396 g/mol. The number of amides is 2. The molecule has 4 N–H and O–H groups in total. The van der Waals surface area contributed by atoms with Crippen LogP contribution in [0.3, 0.4) is 0 Å². The standard InChI is InChI=1S/C22H29N5O2/c1-4-25-21(29)18-10-8-17(9-11-18)15-27-22(24-3)26-13-12-16-6-5-7-19(14-16)20(28)23-2/h5-11,14H,4,12-13,15H2,1-3H3,(H,23,28)(H,25,29)(H2,24,26,27). The van der Waals surface area contributed by atoms with Gasteiger partial charge >= 0.3 is 0 Å². The summed E-state index contributed by atoms with van der Waals surface area (Å²) in [5.74, 6) is 0.542. The summed E-state index contributed by atoms with van der Waals surface area (Å²) >= 11 is 0. The van der Waals surface area contributed by atoms with Gasteiger partial charge in [-0.05, 0) is 48.7 Å². The first-order valence-corrected chi connectivity index (χ1v) is 9.70. The predicted octanol–water partition coefficient (Wildman–Crippen LogP) is 1.70.